The molecule has 34 heavy (non-hydrogen) atoms. The van der Waals surface area contributed by atoms with Crippen molar-refractivity contribution in [1.82, 2.24) is 0 Å². The molecule has 1 aliphatic rings. The lowest BCUT2D eigenvalue weighted by Gasteiger charge is -2.26. The van der Waals surface area contributed by atoms with Crippen molar-refractivity contribution in [3.8, 4) is 34.5 Å². The summed E-state index contributed by atoms with van der Waals surface area (Å²) >= 11 is 0. The van der Waals surface area contributed by atoms with Gasteiger partial charge in [-0.1, -0.05) is 12.8 Å². The summed E-state index contributed by atoms with van der Waals surface area (Å²) in [4.78, 5) is 9.82. The number of methoxy groups -OCH3 is 6. The summed E-state index contributed by atoms with van der Waals surface area (Å²) in [6, 6.07) is 7.37. The van der Waals surface area contributed by atoms with Gasteiger partial charge in [0.1, 0.15) is 34.5 Å². The molecule has 1 aliphatic carbocycles. The molecule has 8 nitrogen and oxygen atoms in total. The van der Waals surface area contributed by atoms with Crippen LogP contribution in [0, 0.1) is 0 Å². The zero-order chi connectivity index (χ0) is 24.5. The maximum Gasteiger partial charge on any atom is 0.135 e. The van der Waals surface area contributed by atoms with E-state index < -0.39 is 0 Å². The van der Waals surface area contributed by atoms with Crippen LogP contribution in [0.5, 0.6) is 34.5 Å². The molecule has 0 aliphatic heterocycles. The zero-order valence-corrected chi connectivity index (χ0v) is 20.8. The van der Waals surface area contributed by atoms with Crippen molar-refractivity contribution in [2.45, 2.75) is 37.8 Å². The number of nitrogens with zero attached hydrogens (tertiary/aromatic N) is 2. The van der Waals surface area contributed by atoms with Gasteiger partial charge in [-0.25, -0.2) is 0 Å². The van der Waals surface area contributed by atoms with E-state index in [4.69, 9.17) is 38.4 Å². The third-order valence-electron chi connectivity index (χ3n) is 5.99. The second-order valence-corrected chi connectivity index (χ2v) is 7.87. The Hall–Kier alpha value is -3.42. The molecule has 2 aromatic carbocycles. The fourth-order valence-corrected chi connectivity index (χ4v) is 4.10. The Bertz CT molecular complexity index is 889. The van der Waals surface area contributed by atoms with Crippen LogP contribution in [0.25, 0.3) is 0 Å². The molecule has 2 aromatic rings. The molecule has 0 radical (unpaired) electrons. The van der Waals surface area contributed by atoms with Crippen LogP contribution in [0.2, 0.25) is 0 Å². The lowest BCUT2D eigenvalue weighted by molar-refractivity contribution is 0.372. The highest BCUT2D eigenvalue weighted by Gasteiger charge is 2.24. The van der Waals surface area contributed by atoms with Gasteiger partial charge < -0.3 is 28.4 Å². The molecule has 0 amide bonds. The molecular weight excluding hydrogens is 436 g/mol. The van der Waals surface area contributed by atoms with Gasteiger partial charge in [0.05, 0.1) is 65.9 Å². The molecule has 0 unspecified atom stereocenters. The molecule has 1 saturated carbocycles. The lowest BCUT2D eigenvalue weighted by atomic mass is 9.91. The highest BCUT2D eigenvalue weighted by atomic mass is 16.5. The molecule has 3 rings (SSSR count). The summed E-state index contributed by atoms with van der Waals surface area (Å²) in [6.45, 7) is 0. The minimum Gasteiger partial charge on any atom is -0.496 e. The largest absolute Gasteiger partial charge is 0.496 e. The summed E-state index contributed by atoms with van der Waals surface area (Å²) in [5.41, 5.74) is 1.55. The molecule has 0 aromatic heterocycles. The molecule has 184 valence electrons. The topological polar surface area (TPSA) is 80.1 Å². The fourth-order valence-electron chi connectivity index (χ4n) is 4.10. The minimum atomic E-state index is 0.0387. The number of aliphatic imine (C=N–C) groups is 2. The normalized spacial score (nSPS) is 18.2. The van der Waals surface area contributed by atoms with E-state index in [0.29, 0.717) is 34.5 Å². The van der Waals surface area contributed by atoms with E-state index in [1.54, 1.807) is 42.7 Å². The molecule has 8 heteroatoms. The molecule has 0 spiro atoms. The highest BCUT2D eigenvalue weighted by molar-refractivity contribution is 5.89. The second kappa shape index (κ2) is 12.2. The van der Waals surface area contributed by atoms with Crippen molar-refractivity contribution < 1.29 is 28.4 Å². The van der Waals surface area contributed by atoms with Gasteiger partial charge in [-0.05, 0) is 12.8 Å². The molecule has 0 saturated heterocycles. The molecule has 0 N–H and O–H groups in total. The van der Waals surface area contributed by atoms with Gasteiger partial charge in [-0.15, -0.1) is 0 Å². The first-order valence-corrected chi connectivity index (χ1v) is 11.2. The predicted molar refractivity (Wildman–Crippen MR) is 133 cm³/mol. The van der Waals surface area contributed by atoms with E-state index in [1.807, 2.05) is 36.7 Å². The number of hydrogen-bond donors (Lipinski definition) is 0. The highest BCUT2D eigenvalue weighted by Crippen LogP contribution is 2.35. The monoisotopic (exact) mass is 470 g/mol. The first kappa shape index (κ1) is 25.2. The maximum absolute atomic E-state index is 5.55. The van der Waals surface area contributed by atoms with Gasteiger partial charge in [0.2, 0.25) is 0 Å². The van der Waals surface area contributed by atoms with Crippen molar-refractivity contribution in [3.63, 3.8) is 0 Å². The van der Waals surface area contributed by atoms with Crippen LogP contribution < -0.4 is 28.4 Å². The van der Waals surface area contributed by atoms with E-state index in [0.717, 1.165) is 36.8 Å². The van der Waals surface area contributed by atoms with Crippen LogP contribution in [0.3, 0.4) is 0 Å². The average molecular weight is 471 g/mol. The summed E-state index contributed by atoms with van der Waals surface area (Å²) in [5, 5.41) is 0. The van der Waals surface area contributed by atoms with Crippen molar-refractivity contribution in [1.29, 1.82) is 0 Å². The SMILES string of the molecule is COc1cc(OC)c(C=N[C@@H]2CCCC[C@H]2N=Cc2c(OC)cc(OC)cc2OC)c(OC)c1. The van der Waals surface area contributed by atoms with Crippen molar-refractivity contribution >= 4 is 12.4 Å². The molecule has 0 heterocycles. The summed E-state index contributed by atoms with van der Waals surface area (Å²) in [7, 11) is 9.70. The van der Waals surface area contributed by atoms with E-state index in [9.17, 15) is 0 Å². The summed E-state index contributed by atoms with van der Waals surface area (Å²) in [6.07, 6.45) is 7.78. The van der Waals surface area contributed by atoms with E-state index >= 15 is 0 Å². The third kappa shape index (κ3) is 5.73. The number of benzene rings is 2. The van der Waals surface area contributed by atoms with Crippen LogP contribution in [0.1, 0.15) is 36.8 Å². The van der Waals surface area contributed by atoms with E-state index in [1.165, 1.54) is 0 Å². The predicted octanol–water partition coefficient (Wildman–Crippen LogP) is 4.59. The van der Waals surface area contributed by atoms with Crippen LogP contribution >= 0.6 is 0 Å². The van der Waals surface area contributed by atoms with Gasteiger partial charge in [-0.2, -0.15) is 0 Å². The van der Waals surface area contributed by atoms with Crippen molar-refractivity contribution in [2.24, 2.45) is 9.98 Å². The van der Waals surface area contributed by atoms with Gasteiger partial charge in [0.25, 0.3) is 0 Å². The Kier molecular flexibility index (Phi) is 9.01. The smallest absolute Gasteiger partial charge is 0.135 e. The number of rotatable bonds is 10. The zero-order valence-electron chi connectivity index (χ0n) is 20.8. The quantitative estimate of drug-likeness (QED) is 0.473. The Morgan fingerprint density at radius 3 is 1.15 bits per heavy atom. The van der Waals surface area contributed by atoms with Crippen molar-refractivity contribution in [2.75, 3.05) is 42.7 Å². The summed E-state index contributed by atoms with van der Waals surface area (Å²) in [5.74, 6) is 3.89. The molecular formula is C26H34N2O6. The lowest BCUT2D eigenvalue weighted by Crippen LogP contribution is -2.27. The second-order valence-electron chi connectivity index (χ2n) is 7.87. The Balaban J connectivity index is 1.89. The van der Waals surface area contributed by atoms with Gasteiger partial charge >= 0.3 is 0 Å². The first-order chi connectivity index (χ1) is 16.6. The Morgan fingerprint density at radius 2 is 0.882 bits per heavy atom. The Morgan fingerprint density at radius 1 is 0.559 bits per heavy atom. The van der Waals surface area contributed by atoms with E-state index in [2.05, 4.69) is 0 Å². The standard InChI is InChI=1S/C26H34N2O6/c1-29-17-11-23(31-3)19(24(12-17)32-4)15-27-21-9-7-8-10-22(21)28-16-20-25(33-5)13-18(30-2)14-26(20)34-6/h11-16,21-22H,7-10H2,1-6H3/t21-,22-/m1/s1. The van der Waals surface area contributed by atoms with Crippen LogP contribution in [-0.2, 0) is 0 Å². The fraction of sp³-hybridized carbons (Fsp3) is 0.462. The van der Waals surface area contributed by atoms with Crippen LogP contribution in [0.15, 0.2) is 34.3 Å². The van der Waals surface area contributed by atoms with Crippen LogP contribution in [0.4, 0.5) is 0 Å². The third-order valence-corrected chi connectivity index (χ3v) is 5.99. The Labute approximate surface area is 201 Å². The molecule has 0 bridgehead atoms. The molecule has 1 fully saturated rings. The number of ether oxygens (including phenoxy) is 6. The number of hydrogen-bond acceptors (Lipinski definition) is 8. The van der Waals surface area contributed by atoms with E-state index in [-0.39, 0.29) is 12.1 Å². The van der Waals surface area contributed by atoms with Gasteiger partial charge in [0, 0.05) is 36.7 Å². The minimum absolute atomic E-state index is 0.0387. The first-order valence-electron chi connectivity index (χ1n) is 11.2. The molecule has 2 atom stereocenters. The summed E-state index contributed by atoms with van der Waals surface area (Å²) < 4.78 is 32.9. The van der Waals surface area contributed by atoms with Gasteiger partial charge in [0.15, 0.2) is 0 Å². The van der Waals surface area contributed by atoms with Gasteiger partial charge in [-0.3, -0.25) is 9.98 Å². The van der Waals surface area contributed by atoms with Crippen LogP contribution in [-0.4, -0.2) is 67.2 Å². The van der Waals surface area contributed by atoms with Crippen molar-refractivity contribution in [3.05, 3.63) is 35.4 Å². The maximum atomic E-state index is 5.55. The average Bonchev–Trinajstić information content (AvgIpc) is 2.89.